The molecule has 0 saturated carbocycles. The van der Waals surface area contributed by atoms with Crippen molar-refractivity contribution in [2.45, 2.75) is 0 Å². The van der Waals surface area contributed by atoms with Crippen LogP contribution in [0.5, 0.6) is 0 Å². The number of rotatable bonds is 4. The van der Waals surface area contributed by atoms with E-state index in [0.717, 1.165) is 12.1 Å². The number of amides is 2. The fourth-order valence-electron chi connectivity index (χ4n) is 2.86. The fraction of sp³-hybridized carbons (Fsp3) is 0. The van der Waals surface area contributed by atoms with Gasteiger partial charge in [0.25, 0.3) is 11.8 Å². The van der Waals surface area contributed by atoms with Crippen LogP contribution in [0.4, 0.5) is 20.2 Å². The predicted molar refractivity (Wildman–Crippen MR) is 105 cm³/mol. The molecule has 0 radical (unpaired) electrons. The predicted octanol–water partition coefficient (Wildman–Crippen LogP) is 5.22. The Morgan fingerprint density at radius 1 is 0.759 bits per heavy atom. The molecule has 0 fully saturated rings. The van der Waals surface area contributed by atoms with E-state index in [1.165, 1.54) is 30.3 Å². The molecule has 3 aromatic carbocycles. The van der Waals surface area contributed by atoms with Crippen LogP contribution in [0, 0.1) is 11.6 Å². The number of furan rings is 1. The SMILES string of the molecule is O=C(Nc1c(C(=O)Nc2ccccc2F)oc2ccccc12)c1ccc(F)cc1. The van der Waals surface area contributed by atoms with Crippen molar-refractivity contribution >= 4 is 34.2 Å². The van der Waals surface area contributed by atoms with Gasteiger partial charge in [0, 0.05) is 10.9 Å². The Morgan fingerprint density at radius 2 is 1.45 bits per heavy atom. The Hall–Kier alpha value is -4.00. The molecule has 0 aliphatic heterocycles. The van der Waals surface area contributed by atoms with Crippen LogP contribution in [0.1, 0.15) is 20.9 Å². The van der Waals surface area contributed by atoms with Gasteiger partial charge in [0.15, 0.2) is 0 Å². The number of benzene rings is 3. The molecule has 1 aromatic heterocycles. The van der Waals surface area contributed by atoms with Gasteiger partial charge in [0.2, 0.25) is 5.76 Å². The average molecular weight is 392 g/mol. The third kappa shape index (κ3) is 3.70. The average Bonchev–Trinajstić information content (AvgIpc) is 3.09. The monoisotopic (exact) mass is 392 g/mol. The van der Waals surface area contributed by atoms with E-state index < -0.39 is 23.4 Å². The van der Waals surface area contributed by atoms with Crippen LogP contribution in [0.15, 0.2) is 77.2 Å². The molecule has 0 spiro atoms. The Kier molecular flexibility index (Phi) is 4.78. The normalized spacial score (nSPS) is 10.7. The van der Waals surface area contributed by atoms with E-state index in [0.29, 0.717) is 11.0 Å². The van der Waals surface area contributed by atoms with Gasteiger partial charge >= 0.3 is 0 Å². The maximum atomic E-state index is 13.9. The van der Waals surface area contributed by atoms with Gasteiger partial charge in [-0.2, -0.15) is 0 Å². The molecule has 29 heavy (non-hydrogen) atoms. The molecule has 0 aliphatic carbocycles. The lowest BCUT2D eigenvalue weighted by Crippen LogP contribution is -2.17. The summed E-state index contributed by atoms with van der Waals surface area (Å²) in [6, 6.07) is 17.4. The molecule has 4 aromatic rings. The lowest BCUT2D eigenvalue weighted by molar-refractivity contribution is 0.0999. The standard InChI is InChI=1S/C22H14F2N2O3/c23-14-11-9-13(10-12-14)21(27)26-19-15-5-1-4-8-18(15)29-20(19)22(28)25-17-7-3-2-6-16(17)24/h1-12H,(H,25,28)(H,26,27). The van der Waals surface area contributed by atoms with Crippen molar-refractivity contribution in [3.05, 3.63) is 95.8 Å². The first-order chi connectivity index (χ1) is 14.0. The first-order valence-electron chi connectivity index (χ1n) is 8.67. The Bertz CT molecular complexity index is 1220. The number of hydrogen-bond donors (Lipinski definition) is 2. The number of para-hydroxylation sites is 2. The zero-order valence-electron chi connectivity index (χ0n) is 14.9. The third-order valence-corrected chi connectivity index (χ3v) is 4.27. The summed E-state index contributed by atoms with van der Waals surface area (Å²) in [5, 5.41) is 5.58. The Labute approximate surface area is 164 Å². The molecule has 0 saturated heterocycles. The first-order valence-corrected chi connectivity index (χ1v) is 8.67. The maximum Gasteiger partial charge on any atom is 0.293 e. The van der Waals surface area contributed by atoms with Crippen molar-refractivity contribution in [2.24, 2.45) is 0 Å². The van der Waals surface area contributed by atoms with Gasteiger partial charge in [-0.1, -0.05) is 24.3 Å². The van der Waals surface area contributed by atoms with E-state index in [1.807, 2.05) is 0 Å². The summed E-state index contributed by atoms with van der Waals surface area (Å²) in [5.74, 6) is -2.52. The lowest BCUT2D eigenvalue weighted by atomic mass is 10.1. The maximum absolute atomic E-state index is 13.9. The van der Waals surface area contributed by atoms with Crippen LogP contribution >= 0.6 is 0 Å². The minimum absolute atomic E-state index is 0.0197. The van der Waals surface area contributed by atoms with Crippen molar-refractivity contribution in [2.75, 3.05) is 10.6 Å². The minimum Gasteiger partial charge on any atom is -0.449 e. The van der Waals surface area contributed by atoms with Gasteiger partial charge in [-0.15, -0.1) is 0 Å². The van der Waals surface area contributed by atoms with Crippen LogP contribution < -0.4 is 10.6 Å². The van der Waals surface area contributed by atoms with Gasteiger partial charge in [-0.25, -0.2) is 8.78 Å². The van der Waals surface area contributed by atoms with E-state index in [4.69, 9.17) is 4.42 Å². The molecule has 7 heteroatoms. The molecule has 144 valence electrons. The third-order valence-electron chi connectivity index (χ3n) is 4.27. The molecule has 0 aliphatic rings. The van der Waals surface area contributed by atoms with E-state index in [-0.39, 0.29) is 22.7 Å². The summed E-state index contributed by atoms with van der Waals surface area (Å²) in [7, 11) is 0. The first kappa shape index (κ1) is 18.4. The second-order valence-corrected chi connectivity index (χ2v) is 6.20. The van der Waals surface area contributed by atoms with E-state index >= 15 is 0 Å². The zero-order valence-corrected chi connectivity index (χ0v) is 14.9. The van der Waals surface area contributed by atoms with Crippen LogP contribution in [-0.4, -0.2) is 11.8 Å². The lowest BCUT2D eigenvalue weighted by Gasteiger charge is -2.08. The van der Waals surface area contributed by atoms with Gasteiger partial charge in [0.1, 0.15) is 22.9 Å². The van der Waals surface area contributed by atoms with Crippen LogP contribution in [0.2, 0.25) is 0 Å². The smallest absolute Gasteiger partial charge is 0.293 e. The van der Waals surface area contributed by atoms with Gasteiger partial charge < -0.3 is 15.1 Å². The van der Waals surface area contributed by atoms with Gasteiger partial charge in [0.05, 0.1) is 5.69 Å². The summed E-state index contributed by atoms with van der Waals surface area (Å²) in [6.07, 6.45) is 0. The molecule has 4 rings (SSSR count). The van der Waals surface area contributed by atoms with Gasteiger partial charge in [-0.3, -0.25) is 9.59 Å². The quantitative estimate of drug-likeness (QED) is 0.500. The molecule has 0 unspecified atom stereocenters. The summed E-state index contributed by atoms with van der Waals surface area (Å²) < 4.78 is 32.6. The molecule has 0 atom stereocenters. The fourth-order valence-corrected chi connectivity index (χ4v) is 2.86. The number of nitrogens with one attached hydrogen (secondary N) is 2. The number of carbonyl (C=O) groups is 2. The summed E-state index contributed by atoms with van der Waals surface area (Å²) in [4.78, 5) is 25.3. The second-order valence-electron chi connectivity index (χ2n) is 6.20. The number of anilines is 2. The van der Waals surface area contributed by atoms with Crippen LogP contribution in [0.3, 0.4) is 0 Å². The zero-order chi connectivity index (χ0) is 20.4. The molecule has 0 bridgehead atoms. The second kappa shape index (κ2) is 7.55. The van der Waals surface area contributed by atoms with Crippen molar-refractivity contribution in [3.8, 4) is 0 Å². The molecule has 2 amide bonds. The Morgan fingerprint density at radius 3 is 2.21 bits per heavy atom. The molecule has 5 nitrogen and oxygen atoms in total. The highest BCUT2D eigenvalue weighted by atomic mass is 19.1. The number of hydrogen-bond acceptors (Lipinski definition) is 3. The number of halogens is 2. The number of carbonyl (C=O) groups excluding carboxylic acids is 2. The Balaban J connectivity index is 1.71. The largest absolute Gasteiger partial charge is 0.449 e. The molecular weight excluding hydrogens is 378 g/mol. The summed E-state index contributed by atoms with van der Waals surface area (Å²) in [5.41, 5.74) is 0.704. The summed E-state index contributed by atoms with van der Waals surface area (Å²) >= 11 is 0. The molecule has 1 heterocycles. The van der Waals surface area contributed by atoms with E-state index in [2.05, 4.69) is 10.6 Å². The topological polar surface area (TPSA) is 71.3 Å². The molecular formula is C22H14F2N2O3. The minimum atomic E-state index is -0.722. The highest BCUT2D eigenvalue weighted by Gasteiger charge is 2.23. The highest BCUT2D eigenvalue weighted by Crippen LogP contribution is 2.32. The summed E-state index contributed by atoms with van der Waals surface area (Å²) in [6.45, 7) is 0. The van der Waals surface area contributed by atoms with Crippen LogP contribution in [0.25, 0.3) is 11.0 Å². The van der Waals surface area contributed by atoms with Crippen molar-refractivity contribution in [1.82, 2.24) is 0 Å². The van der Waals surface area contributed by atoms with E-state index in [1.54, 1.807) is 30.3 Å². The van der Waals surface area contributed by atoms with Crippen molar-refractivity contribution < 1.29 is 22.8 Å². The molecule has 2 N–H and O–H groups in total. The van der Waals surface area contributed by atoms with Gasteiger partial charge in [-0.05, 0) is 48.5 Å². The van der Waals surface area contributed by atoms with Crippen molar-refractivity contribution in [1.29, 1.82) is 0 Å². The van der Waals surface area contributed by atoms with Crippen LogP contribution in [-0.2, 0) is 0 Å². The highest BCUT2D eigenvalue weighted by molar-refractivity contribution is 6.16. The number of fused-ring (bicyclic) bond motifs is 1. The van der Waals surface area contributed by atoms with E-state index in [9.17, 15) is 18.4 Å². The van der Waals surface area contributed by atoms with Crippen molar-refractivity contribution in [3.63, 3.8) is 0 Å².